The minimum absolute atomic E-state index is 0.0212. The molecule has 0 saturated heterocycles. The molecule has 0 fully saturated rings. The van der Waals surface area contributed by atoms with E-state index in [1.165, 1.54) is 0 Å². The largest absolute Gasteiger partial charge is 0.460 e. The van der Waals surface area contributed by atoms with Gasteiger partial charge in [0.2, 0.25) is 0 Å². The molecule has 2 aliphatic rings. The molecule has 0 aliphatic carbocycles. The van der Waals surface area contributed by atoms with Crippen molar-refractivity contribution in [1.29, 1.82) is 0 Å². The van der Waals surface area contributed by atoms with Crippen LogP contribution in [-0.2, 0) is 29.1 Å². The van der Waals surface area contributed by atoms with Crippen LogP contribution in [0.5, 0.6) is 5.75 Å². The maximum atomic E-state index is 13.2. The summed E-state index contributed by atoms with van der Waals surface area (Å²) in [6.07, 6.45) is 1.33. The number of ether oxygens (including phenoxy) is 1. The molecule has 0 saturated carbocycles. The summed E-state index contributed by atoms with van der Waals surface area (Å²) < 4.78 is 6.98. The van der Waals surface area contributed by atoms with E-state index in [0.717, 1.165) is 45.4 Å². The van der Waals surface area contributed by atoms with E-state index >= 15 is 0 Å². The predicted molar refractivity (Wildman–Crippen MR) is 106 cm³/mol. The van der Waals surface area contributed by atoms with E-state index in [9.17, 15) is 9.59 Å². The lowest BCUT2D eigenvalue weighted by Crippen LogP contribution is -2.32. The molecular formula is C22H20N2O5. The van der Waals surface area contributed by atoms with E-state index in [0.29, 0.717) is 24.3 Å². The quantitative estimate of drug-likeness (QED) is 0.326. The van der Waals surface area contributed by atoms with Gasteiger partial charge in [0, 0.05) is 10.9 Å². The summed E-state index contributed by atoms with van der Waals surface area (Å²) >= 11 is 0. The molecule has 148 valence electrons. The molecule has 5 rings (SSSR count). The van der Waals surface area contributed by atoms with Crippen molar-refractivity contribution in [3.05, 3.63) is 56.9 Å². The van der Waals surface area contributed by atoms with Crippen molar-refractivity contribution in [3.63, 3.8) is 0 Å². The van der Waals surface area contributed by atoms with Crippen LogP contribution in [0.2, 0.25) is 0 Å². The highest BCUT2D eigenvalue weighted by atomic mass is 17.1. The van der Waals surface area contributed by atoms with Gasteiger partial charge in [-0.15, -0.1) is 0 Å². The first-order valence-electron chi connectivity index (χ1n) is 9.77. The second-order valence-electron chi connectivity index (χ2n) is 7.46. The lowest BCUT2D eigenvalue weighted by Gasteiger charge is -2.24. The number of hydrogen-bond acceptors (Lipinski definition) is 6. The summed E-state index contributed by atoms with van der Waals surface area (Å²) in [5, 5.41) is 9.91. The van der Waals surface area contributed by atoms with Gasteiger partial charge in [0.25, 0.3) is 5.56 Å². The number of aryl methyl sites for hydroxylation is 1. The van der Waals surface area contributed by atoms with E-state index in [4.69, 9.17) is 15.0 Å². The fraction of sp³-hybridized carbons (Fsp3) is 0.318. The molecule has 0 bridgehead atoms. The first-order chi connectivity index (χ1) is 14.1. The van der Waals surface area contributed by atoms with Crippen molar-refractivity contribution in [2.45, 2.75) is 45.8 Å². The average Bonchev–Trinajstić information content (AvgIpc) is 3.10. The Balaban J connectivity index is 1.79. The second kappa shape index (κ2) is 6.42. The van der Waals surface area contributed by atoms with Crippen LogP contribution in [0, 0.1) is 0 Å². The maximum absolute atomic E-state index is 13.2. The molecule has 2 aliphatic heterocycles. The van der Waals surface area contributed by atoms with Gasteiger partial charge in [0.15, 0.2) is 5.75 Å². The van der Waals surface area contributed by atoms with Crippen molar-refractivity contribution in [3.8, 4) is 17.1 Å². The van der Waals surface area contributed by atoms with Crippen LogP contribution in [0.25, 0.3) is 22.3 Å². The summed E-state index contributed by atoms with van der Waals surface area (Å²) in [7, 11) is 0. The first kappa shape index (κ1) is 17.9. The molecule has 4 heterocycles. The minimum atomic E-state index is -0.420. The fourth-order valence-electron chi connectivity index (χ4n) is 4.62. The Labute approximate surface area is 166 Å². The van der Waals surface area contributed by atoms with Gasteiger partial charge in [-0.25, -0.2) is 10.2 Å². The molecule has 2 aromatic heterocycles. The molecule has 1 unspecified atom stereocenters. The number of esters is 1. The number of rotatable bonds is 3. The van der Waals surface area contributed by atoms with Gasteiger partial charge in [0.05, 0.1) is 34.9 Å². The third-order valence-corrected chi connectivity index (χ3v) is 6.06. The Kier molecular flexibility index (Phi) is 3.96. The van der Waals surface area contributed by atoms with Crippen molar-refractivity contribution >= 4 is 16.9 Å². The highest BCUT2D eigenvalue weighted by molar-refractivity contribution is 5.89. The van der Waals surface area contributed by atoms with Crippen LogP contribution in [0.4, 0.5) is 0 Å². The van der Waals surface area contributed by atoms with Gasteiger partial charge in [0.1, 0.15) is 6.61 Å². The number of cyclic esters (lactones) is 1. The zero-order chi connectivity index (χ0) is 20.3. The molecule has 0 amide bonds. The number of nitrogens with zero attached hydrogens (tertiary/aromatic N) is 2. The third kappa shape index (κ3) is 2.43. The predicted octanol–water partition coefficient (Wildman–Crippen LogP) is 3.39. The van der Waals surface area contributed by atoms with Crippen LogP contribution in [0.1, 0.15) is 48.4 Å². The van der Waals surface area contributed by atoms with Gasteiger partial charge in [-0.1, -0.05) is 13.8 Å². The van der Waals surface area contributed by atoms with Crippen LogP contribution < -0.4 is 10.4 Å². The topological polar surface area (TPSA) is 90.7 Å². The summed E-state index contributed by atoms with van der Waals surface area (Å²) in [6.45, 7) is 4.42. The van der Waals surface area contributed by atoms with Gasteiger partial charge in [-0.2, -0.15) is 0 Å². The highest BCUT2D eigenvalue weighted by Gasteiger charge is 2.34. The monoisotopic (exact) mass is 392 g/mol. The lowest BCUT2D eigenvalue weighted by molar-refractivity contribution is -0.148. The van der Waals surface area contributed by atoms with Gasteiger partial charge in [-0.05, 0) is 48.2 Å². The molecule has 0 radical (unpaired) electrons. The summed E-state index contributed by atoms with van der Waals surface area (Å²) in [5.41, 5.74) is 5.57. The Bertz CT molecular complexity index is 1240. The minimum Gasteiger partial charge on any atom is -0.460 e. The SMILES string of the molecule is CCc1c2c(nc3ccc(OO)cc13)-c1cc3c(c(=O)n1C2)COC(=O)C3CC. The molecule has 7 nitrogen and oxygen atoms in total. The molecule has 1 N–H and O–H groups in total. The molecule has 0 spiro atoms. The zero-order valence-electron chi connectivity index (χ0n) is 16.2. The smallest absolute Gasteiger partial charge is 0.313 e. The number of aromatic nitrogens is 2. The Hall–Kier alpha value is -3.19. The van der Waals surface area contributed by atoms with Gasteiger partial charge in [-0.3, -0.25) is 9.59 Å². The fourth-order valence-corrected chi connectivity index (χ4v) is 4.62. The Morgan fingerprint density at radius 1 is 1.24 bits per heavy atom. The molecule has 1 atom stereocenters. The third-order valence-electron chi connectivity index (χ3n) is 6.06. The summed E-state index contributed by atoms with van der Waals surface area (Å²) in [4.78, 5) is 34.7. The summed E-state index contributed by atoms with van der Waals surface area (Å²) in [6, 6.07) is 7.16. The van der Waals surface area contributed by atoms with Crippen molar-refractivity contribution in [1.82, 2.24) is 9.55 Å². The number of carbonyl (C=O) groups excluding carboxylic acids is 1. The standard InChI is InChI=1S/C22H20N2O5/c1-3-12-15-7-11(29-27)5-6-18(15)23-20-16(12)9-24-19(20)8-14-13(4-2)22(26)28-10-17(14)21(24)25/h5-8,13,27H,3-4,9-10H2,1-2H3. The summed E-state index contributed by atoms with van der Waals surface area (Å²) in [5.74, 6) is -0.352. The highest BCUT2D eigenvalue weighted by Crippen LogP contribution is 2.39. The lowest BCUT2D eigenvalue weighted by atomic mass is 9.90. The second-order valence-corrected chi connectivity index (χ2v) is 7.46. The molecule has 7 heteroatoms. The van der Waals surface area contributed by atoms with Gasteiger partial charge < -0.3 is 14.2 Å². The van der Waals surface area contributed by atoms with Crippen LogP contribution >= 0.6 is 0 Å². The Morgan fingerprint density at radius 2 is 2.07 bits per heavy atom. The van der Waals surface area contributed by atoms with Crippen LogP contribution in [0.3, 0.4) is 0 Å². The van der Waals surface area contributed by atoms with E-state index in [2.05, 4.69) is 11.8 Å². The van der Waals surface area contributed by atoms with E-state index in [1.54, 1.807) is 22.8 Å². The molecule has 3 aromatic rings. The normalized spacial score (nSPS) is 16.9. The zero-order valence-corrected chi connectivity index (χ0v) is 16.2. The Morgan fingerprint density at radius 3 is 2.79 bits per heavy atom. The number of hydrogen-bond donors (Lipinski definition) is 1. The average molecular weight is 392 g/mol. The maximum Gasteiger partial charge on any atom is 0.313 e. The van der Waals surface area contributed by atoms with E-state index in [-0.39, 0.29) is 18.1 Å². The number of pyridine rings is 2. The van der Waals surface area contributed by atoms with Crippen molar-refractivity contribution in [2.75, 3.05) is 0 Å². The van der Waals surface area contributed by atoms with Crippen LogP contribution in [-0.4, -0.2) is 20.8 Å². The van der Waals surface area contributed by atoms with E-state index in [1.807, 2.05) is 13.0 Å². The van der Waals surface area contributed by atoms with Crippen LogP contribution in [0.15, 0.2) is 29.1 Å². The van der Waals surface area contributed by atoms with Gasteiger partial charge >= 0.3 is 5.97 Å². The van der Waals surface area contributed by atoms with Crippen molar-refractivity contribution < 1.29 is 19.7 Å². The van der Waals surface area contributed by atoms with E-state index < -0.39 is 5.92 Å². The molecule has 29 heavy (non-hydrogen) atoms. The molecular weight excluding hydrogens is 372 g/mol. The van der Waals surface area contributed by atoms with Crippen molar-refractivity contribution in [2.24, 2.45) is 0 Å². The molecule has 1 aromatic carbocycles. The first-order valence-corrected chi connectivity index (χ1v) is 9.77. The number of fused-ring (bicyclic) bond motifs is 5. The number of carbonyl (C=O) groups is 1. The number of benzene rings is 1.